The van der Waals surface area contributed by atoms with Crippen molar-refractivity contribution in [2.45, 2.75) is 25.9 Å². The molecule has 0 saturated carbocycles. The Kier molecular flexibility index (Phi) is 5.68. The molecule has 1 aliphatic heterocycles. The Bertz CT molecular complexity index is 802. The van der Waals surface area contributed by atoms with E-state index in [1.165, 1.54) is 0 Å². The first-order chi connectivity index (χ1) is 12.6. The van der Waals surface area contributed by atoms with E-state index in [0.29, 0.717) is 29.2 Å². The molecule has 0 aliphatic carbocycles. The van der Waals surface area contributed by atoms with Gasteiger partial charge in [0.2, 0.25) is 0 Å². The zero-order valence-corrected chi connectivity index (χ0v) is 14.8. The minimum Gasteiger partial charge on any atom is -0.478 e. The van der Waals surface area contributed by atoms with E-state index in [1.54, 1.807) is 42.5 Å². The molecule has 1 fully saturated rings. The van der Waals surface area contributed by atoms with Crippen molar-refractivity contribution >= 4 is 11.9 Å². The van der Waals surface area contributed by atoms with Crippen LogP contribution < -0.4 is 5.32 Å². The van der Waals surface area contributed by atoms with Crippen LogP contribution in [0.1, 0.15) is 40.5 Å². The summed E-state index contributed by atoms with van der Waals surface area (Å²) in [5.41, 5.74) is 1.85. The van der Waals surface area contributed by atoms with E-state index in [9.17, 15) is 14.7 Å². The van der Waals surface area contributed by atoms with Crippen LogP contribution in [0.2, 0.25) is 0 Å². The average Bonchev–Trinajstić information content (AvgIpc) is 2.66. The summed E-state index contributed by atoms with van der Waals surface area (Å²) in [6.45, 7) is 3.37. The van der Waals surface area contributed by atoms with Gasteiger partial charge in [-0.05, 0) is 48.9 Å². The van der Waals surface area contributed by atoms with Gasteiger partial charge in [0, 0.05) is 18.7 Å². The molecule has 5 heteroatoms. The maximum absolute atomic E-state index is 12.8. The minimum absolute atomic E-state index is 0.181. The number of carbonyl (C=O) groups is 2. The summed E-state index contributed by atoms with van der Waals surface area (Å²) >= 11 is 0. The first-order valence-corrected chi connectivity index (χ1v) is 8.87. The predicted molar refractivity (Wildman–Crippen MR) is 99.3 cm³/mol. The number of rotatable bonds is 5. The van der Waals surface area contributed by atoms with Crippen LogP contribution in [0.15, 0.2) is 48.5 Å². The lowest BCUT2D eigenvalue weighted by atomic mass is 9.94. The molecule has 0 spiro atoms. The molecule has 2 aromatic rings. The normalized spacial score (nSPS) is 19.7. The second-order valence-corrected chi connectivity index (χ2v) is 6.68. The Morgan fingerprint density at radius 2 is 1.69 bits per heavy atom. The number of aromatic carboxylic acids is 1. The molecule has 1 saturated heterocycles. The lowest BCUT2D eigenvalue weighted by Gasteiger charge is -2.27. The van der Waals surface area contributed by atoms with Crippen molar-refractivity contribution in [3.8, 4) is 11.1 Å². The summed E-state index contributed by atoms with van der Waals surface area (Å²) in [4.78, 5) is 24.3. The molecule has 136 valence electrons. The van der Waals surface area contributed by atoms with Crippen molar-refractivity contribution in [1.29, 1.82) is 0 Å². The Labute approximate surface area is 153 Å². The second-order valence-electron chi connectivity index (χ2n) is 6.68. The fourth-order valence-corrected chi connectivity index (χ4v) is 3.43. The van der Waals surface area contributed by atoms with Gasteiger partial charge in [-0.15, -0.1) is 0 Å². The number of hydrogen-bond acceptors (Lipinski definition) is 3. The maximum Gasteiger partial charge on any atom is 0.336 e. The van der Waals surface area contributed by atoms with E-state index in [1.807, 2.05) is 13.0 Å². The van der Waals surface area contributed by atoms with Gasteiger partial charge in [-0.3, -0.25) is 4.79 Å². The minimum atomic E-state index is -1.01. The Balaban J connectivity index is 1.81. The van der Waals surface area contributed by atoms with Crippen LogP contribution in [-0.2, 0) is 4.74 Å². The summed E-state index contributed by atoms with van der Waals surface area (Å²) < 4.78 is 5.54. The summed E-state index contributed by atoms with van der Waals surface area (Å²) in [6.07, 6.45) is 2.10. The van der Waals surface area contributed by atoms with Crippen molar-refractivity contribution in [3.63, 3.8) is 0 Å². The monoisotopic (exact) mass is 353 g/mol. The first kappa shape index (κ1) is 18.1. The van der Waals surface area contributed by atoms with Gasteiger partial charge in [-0.25, -0.2) is 4.79 Å². The maximum atomic E-state index is 12.8. The molecule has 1 heterocycles. The second kappa shape index (κ2) is 8.15. The number of ether oxygens (including phenoxy) is 1. The molecular weight excluding hydrogens is 330 g/mol. The molecule has 26 heavy (non-hydrogen) atoms. The quantitative estimate of drug-likeness (QED) is 0.861. The number of carboxylic acids is 1. The predicted octanol–water partition coefficient (Wildman–Crippen LogP) is 3.60. The molecule has 3 rings (SSSR count). The number of hydrogen-bond donors (Lipinski definition) is 2. The van der Waals surface area contributed by atoms with Crippen LogP contribution in [0.25, 0.3) is 11.1 Å². The lowest BCUT2D eigenvalue weighted by molar-refractivity contribution is 0.00302. The van der Waals surface area contributed by atoms with E-state index < -0.39 is 5.97 Å². The SMILES string of the molecule is CC1CC(CNC(=O)c2ccccc2-c2ccccc2C(=O)O)CCO1. The number of carbonyl (C=O) groups excluding carboxylic acids is 1. The number of carboxylic acid groups (broad SMARTS) is 1. The van der Waals surface area contributed by atoms with Crippen LogP contribution in [0.3, 0.4) is 0 Å². The lowest BCUT2D eigenvalue weighted by Crippen LogP contribution is -2.34. The van der Waals surface area contributed by atoms with Gasteiger partial charge in [0.15, 0.2) is 0 Å². The molecule has 2 unspecified atom stereocenters. The molecule has 2 atom stereocenters. The fourth-order valence-electron chi connectivity index (χ4n) is 3.43. The fraction of sp³-hybridized carbons (Fsp3) is 0.333. The molecule has 0 aromatic heterocycles. The molecule has 2 N–H and O–H groups in total. The number of benzene rings is 2. The van der Waals surface area contributed by atoms with Crippen molar-refractivity contribution in [1.82, 2.24) is 5.32 Å². The van der Waals surface area contributed by atoms with E-state index >= 15 is 0 Å². The van der Waals surface area contributed by atoms with Crippen molar-refractivity contribution < 1.29 is 19.4 Å². The van der Waals surface area contributed by atoms with Crippen LogP contribution in [0.5, 0.6) is 0 Å². The average molecular weight is 353 g/mol. The van der Waals surface area contributed by atoms with Gasteiger partial charge in [0.1, 0.15) is 0 Å². The van der Waals surface area contributed by atoms with Gasteiger partial charge in [0.25, 0.3) is 5.91 Å². The smallest absolute Gasteiger partial charge is 0.336 e. The standard InChI is InChI=1S/C21H23NO4/c1-14-12-15(10-11-26-14)13-22-20(23)18-8-4-2-6-16(18)17-7-3-5-9-19(17)21(24)25/h2-9,14-15H,10-13H2,1H3,(H,22,23)(H,24,25). The zero-order valence-electron chi connectivity index (χ0n) is 14.8. The summed E-state index contributed by atoms with van der Waals surface area (Å²) in [5, 5.41) is 12.4. The highest BCUT2D eigenvalue weighted by Crippen LogP contribution is 2.27. The number of amides is 1. The van der Waals surface area contributed by atoms with Gasteiger partial charge in [-0.2, -0.15) is 0 Å². The number of nitrogens with one attached hydrogen (secondary N) is 1. The third kappa shape index (κ3) is 4.11. The van der Waals surface area contributed by atoms with Crippen LogP contribution >= 0.6 is 0 Å². The van der Waals surface area contributed by atoms with E-state index in [-0.39, 0.29) is 17.6 Å². The topological polar surface area (TPSA) is 75.6 Å². The van der Waals surface area contributed by atoms with E-state index in [4.69, 9.17) is 4.74 Å². The third-order valence-corrected chi connectivity index (χ3v) is 4.76. The largest absolute Gasteiger partial charge is 0.478 e. The molecule has 1 aliphatic rings. The van der Waals surface area contributed by atoms with Crippen LogP contribution in [0, 0.1) is 5.92 Å². The summed E-state index contributed by atoms with van der Waals surface area (Å²) in [7, 11) is 0. The van der Waals surface area contributed by atoms with Crippen molar-refractivity contribution in [3.05, 3.63) is 59.7 Å². The van der Waals surface area contributed by atoms with Gasteiger partial charge >= 0.3 is 5.97 Å². The highest BCUT2D eigenvalue weighted by atomic mass is 16.5. The van der Waals surface area contributed by atoms with E-state index in [0.717, 1.165) is 19.4 Å². The van der Waals surface area contributed by atoms with Gasteiger partial charge in [-0.1, -0.05) is 36.4 Å². The van der Waals surface area contributed by atoms with Crippen LogP contribution in [0.4, 0.5) is 0 Å². The zero-order chi connectivity index (χ0) is 18.5. The summed E-state index contributed by atoms with van der Waals surface area (Å²) in [5.74, 6) is -0.784. The molecule has 5 nitrogen and oxygen atoms in total. The van der Waals surface area contributed by atoms with Crippen LogP contribution in [-0.4, -0.2) is 36.2 Å². The molecular formula is C21H23NO4. The first-order valence-electron chi connectivity index (χ1n) is 8.87. The molecule has 1 amide bonds. The Morgan fingerprint density at radius 3 is 2.35 bits per heavy atom. The Morgan fingerprint density at radius 1 is 1.08 bits per heavy atom. The summed E-state index contributed by atoms with van der Waals surface area (Å²) in [6, 6.07) is 13.9. The van der Waals surface area contributed by atoms with E-state index in [2.05, 4.69) is 5.32 Å². The Hall–Kier alpha value is -2.66. The van der Waals surface area contributed by atoms with Gasteiger partial charge in [0.05, 0.1) is 11.7 Å². The van der Waals surface area contributed by atoms with Gasteiger partial charge < -0.3 is 15.2 Å². The molecule has 2 aromatic carbocycles. The molecule has 0 radical (unpaired) electrons. The van der Waals surface area contributed by atoms with Crippen molar-refractivity contribution in [2.75, 3.05) is 13.2 Å². The highest BCUT2D eigenvalue weighted by Gasteiger charge is 2.21. The van der Waals surface area contributed by atoms with Crippen molar-refractivity contribution in [2.24, 2.45) is 5.92 Å². The highest BCUT2D eigenvalue weighted by molar-refractivity contribution is 6.04. The molecule has 0 bridgehead atoms. The third-order valence-electron chi connectivity index (χ3n) is 4.76.